The molecule has 4 aromatic rings. The number of hydrogen-bond donors (Lipinski definition) is 0. The van der Waals surface area contributed by atoms with Crippen LogP contribution in [0.1, 0.15) is 16.3 Å². The zero-order valence-electron chi connectivity index (χ0n) is 14.7. The van der Waals surface area contributed by atoms with Crippen LogP contribution >= 0.6 is 22.9 Å². The molecule has 0 aliphatic heterocycles. The predicted molar refractivity (Wildman–Crippen MR) is 96.7 cm³/mol. The van der Waals surface area contributed by atoms with Crippen LogP contribution < -0.4 is 5.56 Å². The normalized spacial score (nSPS) is 12.6. The van der Waals surface area contributed by atoms with E-state index in [0.717, 1.165) is 29.2 Å². The van der Waals surface area contributed by atoms with Gasteiger partial charge in [-0.2, -0.15) is 31.4 Å². The molecule has 0 aliphatic rings. The van der Waals surface area contributed by atoms with E-state index in [1.165, 1.54) is 0 Å². The summed E-state index contributed by atoms with van der Waals surface area (Å²) in [6.07, 6.45) is -6.30. The zero-order chi connectivity index (χ0) is 22.6. The molecule has 0 spiro atoms. The topological polar surface area (TPSA) is 78.0 Å². The van der Waals surface area contributed by atoms with E-state index >= 15 is 0 Å². The first-order chi connectivity index (χ1) is 14.4. The standard InChI is InChI=1S/C16H7ClF6N6OS/c17-10-2-9(15(18,19)20)28(27-10)5-8-1-11(30)29-12(7-3-24-6-25-4-7)13(16(21,22)23)31-14(29)26-8/h1-4,6H,5H2. The Balaban J connectivity index is 1.89. The van der Waals surface area contributed by atoms with E-state index in [1.54, 1.807) is 0 Å². The van der Waals surface area contributed by atoms with Crippen LogP contribution in [-0.2, 0) is 18.9 Å². The Bertz CT molecular complexity index is 1330. The molecule has 4 aromatic heterocycles. The molecule has 7 nitrogen and oxygen atoms in total. The highest BCUT2D eigenvalue weighted by Crippen LogP contribution is 2.41. The molecular weight excluding hydrogens is 474 g/mol. The van der Waals surface area contributed by atoms with Gasteiger partial charge in [0.1, 0.15) is 16.9 Å². The Labute approximate surface area is 176 Å². The third kappa shape index (κ3) is 3.99. The van der Waals surface area contributed by atoms with Crippen LogP contribution in [-0.4, -0.2) is 29.1 Å². The fraction of sp³-hybridized carbons (Fsp3) is 0.188. The number of rotatable bonds is 3. The Kier molecular flexibility index (Phi) is 5.00. The molecule has 0 unspecified atom stereocenters. The lowest BCUT2D eigenvalue weighted by Crippen LogP contribution is -2.20. The molecule has 15 heteroatoms. The van der Waals surface area contributed by atoms with E-state index in [-0.39, 0.29) is 27.6 Å². The summed E-state index contributed by atoms with van der Waals surface area (Å²) in [6.45, 7) is -0.629. The fourth-order valence-corrected chi connectivity index (χ4v) is 4.10. The lowest BCUT2D eigenvalue weighted by atomic mass is 10.2. The summed E-state index contributed by atoms with van der Waals surface area (Å²) in [4.78, 5) is 22.5. The van der Waals surface area contributed by atoms with Gasteiger partial charge in [0.2, 0.25) is 0 Å². The minimum atomic E-state index is -4.82. The molecule has 0 aromatic carbocycles. The molecule has 0 radical (unpaired) electrons. The van der Waals surface area contributed by atoms with Crippen molar-refractivity contribution >= 4 is 27.9 Å². The van der Waals surface area contributed by atoms with Crippen LogP contribution in [0.25, 0.3) is 16.2 Å². The molecule has 4 rings (SSSR count). The van der Waals surface area contributed by atoms with Crippen molar-refractivity contribution in [2.45, 2.75) is 18.9 Å². The second kappa shape index (κ2) is 7.30. The molecule has 0 N–H and O–H groups in total. The van der Waals surface area contributed by atoms with Crippen molar-refractivity contribution in [2.75, 3.05) is 0 Å². The number of fused-ring (bicyclic) bond motifs is 1. The minimum absolute atomic E-state index is 0.0732. The smallest absolute Gasteiger partial charge is 0.269 e. The Morgan fingerprint density at radius 3 is 2.32 bits per heavy atom. The van der Waals surface area contributed by atoms with Crippen LogP contribution in [0.3, 0.4) is 0 Å². The van der Waals surface area contributed by atoms with Crippen molar-refractivity contribution in [3.05, 3.63) is 62.6 Å². The first-order valence-electron chi connectivity index (χ1n) is 8.14. The quantitative estimate of drug-likeness (QED) is 0.412. The lowest BCUT2D eigenvalue weighted by molar-refractivity contribution is -0.144. The van der Waals surface area contributed by atoms with E-state index in [9.17, 15) is 31.1 Å². The average molecular weight is 481 g/mol. The second-order valence-electron chi connectivity index (χ2n) is 6.12. The van der Waals surface area contributed by atoms with E-state index in [1.807, 2.05) is 0 Å². The summed E-state index contributed by atoms with van der Waals surface area (Å²) >= 11 is 5.73. The van der Waals surface area contributed by atoms with E-state index in [4.69, 9.17) is 11.6 Å². The molecule has 31 heavy (non-hydrogen) atoms. The molecule has 0 amide bonds. The number of aromatic nitrogens is 6. The lowest BCUT2D eigenvalue weighted by Gasteiger charge is -2.10. The zero-order valence-corrected chi connectivity index (χ0v) is 16.3. The van der Waals surface area contributed by atoms with Gasteiger partial charge in [-0.1, -0.05) is 22.9 Å². The highest BCUT2D eigenvalue weighted by atomic mass is 35.5. The van der Waals surface area contributed by atoms with E-state index < -0.39 is 45.9 Å². The van der Waals surface area contributed by atoms with Crippen molar-refractivity contribution in [2.24, 2.45) is 0 Å². The van der Waals surface area contributed by atoms with Gasteiger partial charge in [-0.25, -0.2) is 15.0 Å². The maximum atomic E-state index is 13.6. The van der Waals surface area contributed by atoms with Crippen LogP contribution in [0, 0.1) is 0 Å². The van der Waals surface area contributed by atoms with E-state index in [0.29, 0.717) is 10.7 Å². The third-order valence-corrected chi connectivity index (χ3v) is 5.29. The van der Waals surface area contributed by atoms with Crippen LogP contribution in [0.2, 0.25) is 5.15 Å². The van der Waals surface area contributed by atoms with Gasteiger partial charge in [-0.15, -0.1) is 0 Å². The predicted octanol–water partition coefficient (Wildman–Crippen LogP) is 4.15. The molecular formula is C16H7ClF6N6OS. The Morgan fingerprint density at radius 2 is 1.71 bits per heavy atom. The Hall–Kier alpha value is -3.00. The molecule has 4 heterocycles. The van der Waals surface area contributed by atoms with Crippen molar-refractivity contribution in [3.8, 4) is 11.3 Å². The van der Waals surface area contributed by atoms with Gasteiger partial charge in [0, 0.05) is 30.1 Å². The van der Waals surface area contributed by atoms with Crippen LogP contribution in [0.15, 0.2) is 35.6 Å². The third-order valence-electron chi connectivity index (χ3n) is 4.02. The minimum Gasteiger partial charge on any atom is -0.269 e. The number of alkyl halides is 6. The molecule has 162 valence electrons. The monoisotopic (exact) mass is 480 g/mol. The summed E-state index contributed by atoms with van der Waals surface area (Å²) in [5.74, 6) is 0. The largest absolute Gasteiger partial charge is 0.433 e. The second-order valence-corrected chi connectivity index (χ2v) is 7.48. The van der Waals surface area contributed by atoms with Crippen molar-refractivity contribution in [3.63, 3.8) is 0 Å². The van der Waals surface area contributed by atoms with Crippen molar-refractivity contribution < 1.29 is 26.3 Å². The number of thiazole rings is 1. The average Bonchev–Trinajstić information content (AvgIpc) is 3.23. The maximum absolute atomic E-state index is 13.6. The molecule has 0 saturated heterocycles. The van der Waals surface area contributed by atoms with Crippen LogP contribution in [0.5, 0.6) is 0 Å². The van der Waals surface area contributed by atoms with Crippen LogP contribution in [0.4, 0.5) is 26.3 Å². The van der Waals surface area contributed by atoms with Gasteiger partial charge in [-0.05, 0) is 0 Å². The van der Waals surface area contributed by atoms with Crippen molar-refractivity contribution in [1.82, 2.24) is 29.1 Å². The first-order valence-corrected chi connectivity index (χ1v) is 9.33. The summed E-state index contributed by atoms with van der Waals surface area (Å²) in [6, 6.07) is 1.43. The van der Waals surface area contributed by atoms with E-state index in [2.05, 4.69) is 20.1 Å². The number of nitrogens with zero attached hydrogens (tertiary/aromatic N) is 6. The summed E-state index contributed by atoms with van der Waals surface area (Å²) in [5, 5.41) is 3.07. The van der Waals surface area contributed by atoms with Gasteiger partial charge < -0.3 is 0 Å². The van der Waals surface area contributed by atoms with Gasteiger partial charge in [0.05, 0.1) is 17.9 Å². The molecule has 0 saturated carbocycles. The van der Waals surface area contributed by atoms with Gasteiger partial charge in [-0.3, -0.25) is 13.9 Å². The number of halogens is 7. The number of hydrogen-bond acceptors (Lipinski definition) is 6. The SMILES string of the molecule is O=c1cc(Cn2nc(Cl)cc2C(F)(F)F)nc2sc(C(F)(F)F)c(-c3cncnc3)n12. The van der Waals surface area contributed by atoms with Crippen molar-refractivity contribution in [1.29, 1.82) is 0 Å². The van der Waals surface area contributed by atoms with Gasteiger partial charge >= 0.3 is 12.4 Å². The summed E-state index contributed by atoms with van der Waals surface area (Å²) in [7, 11) is 0. The molecule has 0 atom stereocenters. The molecule has 0 fully saturated rings. The van der Waals surface area contributed by atoms with Gasteiger partial charge in [0.25, 0.3) is 5.56 Å². The fourth-order valence-electron chi connectivity index (χ4n) is 2.86. The first kappa shape index (κ1) is 21.2. The molecule has 0 aliphatic carbocycles. The highest BCUT2D eigenvalue weighted by molar-refractivity contribution is 7.17. The maximum Gasteiger partial charge on any atom is 0.433 e. The Morgan fingerprint density at radius 1 is 1.03 bits per heavy atom. The van der Waals surface area contributed by atoms with Gasteiger partial charge in [0.15, 0.2) is 10.1 Å². The summed E-state index contributed by atoms with van der Waals surface area (Å²) < 4.78 is 81.4. The summed E-state index contributed by atoms with van der Waals surface area (Å²) in [5.41, 5.74) is -2.91. The highest BCUT2D eigenvalue weighted by Gasteiger charge is 2.39. The molecule has 0 bridgehead atoms.